The average molecular weight is 481 g/mol. The Morgan fingerprint density at radius 2 is 1.61 bits per heavy atom. The summed E-state index contributed by atoms with van der Waals surface area (Å²) in [5.74, 6) is 0.305. The number of rotatable bonds is 9. The highest BCUT2D eigenvalue weighted by molar-refractivity contribution is 9.10. The number of hydrogen-bond donors (Lipinski definition) is 2. The van der Waals surface area contributed by atoms with Crippen molar-refractivity contribution in [3.8, 4) is 5.75 Å². The quantitative estimate of drug-likeness (QED) is 0.452. The molecule has 3 aromatic carbocycles. The van der Waals surface area contributed by atoms with Crippen molar-refractivity contribution in [1.29, 1.82) is 0 Å². The van der Waals surface area contributed by atoms with E-state index < -0.39 is 0 Å². The number of hydrogen-bond acceptors (Lipinski definition) is 3. The van der Waals surface area contributed by atoms with Crippen LogP contribution >= 0.6 is 15.9 Å². The van der Waals surface area contributed by atoms with Gasteiger partial charge in [0.15, 0.2) is 0 Å². The van der Waals surface area contributed by atoms with E-state index in [1.165, 1.54) is 5.56 Å². The van der Waals surface area contributed by atoms with Crippen LogP contribution in [-0.2, 0) is 17.6 Å². The topological polar surface area (TPSA) is 67.4 Å². The molecule has 2 N–H and O–H groups in total. The molecule has 0 aromatic heterocycles. The summed E-state index contributed by atoms with van der Waals surface area (Å²) in [6.07, 6.45) is 1.85. The normalized spacial score (nSPS) is 10.4. The highest BCUT2D eigenvalue weighted by atomic mass is 79.9. The van der Waals surface area contributed by atoms with Crippen molar-refractivity contribution < 1.29 is 14.3 Å². The Hall–Kier alpha value is -3.12. The Morgan fingerprint density at radius 3 is 2.32 bits per heavy atom. The van der Waals surface area contributed by atoms with Crippen LogP contribution in [-0.4, -0.2) is 25.5 Å². The number of nitrogens with one attached hydrogen (secondary N) is 2. The summed E-state index contributed by atoms with van der Waals surface area (Å²) >= 11 is 3.43. The fourth-order valence-electron chi connectivity index (χ4n) is 3.07. The zero-order valence-corrected chi connectivity index (χ0v) is 18.9. The van der Waals surface area contributed by atoms with Gasteiger partial charge < -0.3 is 15.4 Å². The second-order valence-electron chi connectivity index (χ2n) is 7.05. The summed E-state index contributed by atoms with van der Waals surface area (Å²) < 4.78 is 6.72. The molecule has 160 valence electrons. The minimum atomic E-state index is -0.242. The van der Waals surface area contributed by atoms with Gasteiger partial charge in [0.2, 0.25) is 5.91 Å². The standard InChI is InChI=1S/C25H25BrN2O3/c1-27-24(29)14-9-19-7-11-21(12-8-19)28-25(30)22-17-20(26)10-13-23(22)31-16-15-18-5-3-2-4-6-18/h2-8,10-13,17H,9,14-16H2,1H3,(H,27,29)(H,28,30). The number of aryl methyl sites for hydroxylation is 1. The maximum absolute atomic E-state index is 12.9. The molecule has 0 atom stereocenters. The van der Waals surface area contributed by atoms with Gasteiger partial charge in [-0.3, -0.25) is 9.59 Å². The van der Waals surface area contributed by atoms with Gasteiger partial charge in [0.25, 0.3) is 5.91 Å². The lowest BCUT2D eigenvalue weighted by atomic mass is 10.1. The molecule has 0 bridgehead atoms. The Balaban J connectivity index is 1.62. The Bertz CT molecular complexity index is 1020. The van der Waals surface area contributed by atoms with E-state index in [9.17, 15) is 9.59 Å². The van der Waals surface area contributed by atoms with Gasteiger partial charge >= 0.3 is 0 Å². The maximum Gasteiger partial charge on any atom is 0.259 e. The summed E-state index contributed by atoms with van der Waals surface area (Å²) in [6, 6.07) is 23.0. The van der Waals surface area contributed by atoms with Gasteiger partial charge in [-0.15, -0.1) is 0 Å². The number of halogens is 1. The SMILES string of the molecule is CNC(=O)CCc1ccc(NC(=O)c2cc(Br)ccc2OCCc2ccccc2)cc1. The van der Waals surface area contributed by atoms with Gasteiger partial charge in [-0.2, -0.15) is 0 Å². The zero-order chi connectivity index (χ0) is 22.1. The third kappa shape index (κ3) is 6.96. The van der Waals surface area contributed by atoms with Crippen LogP contribution in [0.25, 0.3) is 0 Å². The first-order valence-electron chi connectivity index (χ1n) is 10.1. The van der Waals surface area contributed by atoms with Gasteiger partial charge in [-0.25, -0.2) is 0 Å². The molecule has 0 unspecified atom stereocenters. The van der Waals surface area contributed by atoms with Crippen molar-refractivity contribution in [1.82, 2.24) is 5.32 Å². The first-order chi connectivity index (χ1) is 15.0. The number of carbonyl (C=O) groups is 2. The molecule has 0 heterocycles. The smallest absolute Gasteiger partial charge is 0.259 e. The van der Waals surface area contributed by atoms with Gasteiger partial charge in [-0.05, 0) is 47.9 Å². The molecule has 3 aromatic rings. The van der Waals surface area contributed by atoms with Crippen molar-refractivity contribution in [2.45, 2.75) is 19.3 Å². The Morgan fingerprint density at radius 1 is 0.903 bits per heavy atom. The molecule has 6 heteroatoms. The van der Waals surface area contributed by atoms with E-state index in [4.69, 9.17) is 4.74 Å². The number of carbonyl (C=O) groups excluding carboxylic acids is 2. The van der Waals surface area contributed by atoms with Gasteiger partial charge in [-0.1, -0.05) is 58.4 Å². The first kappa shape index (κ1) is 22.6. The van der Waals surface area contributed by atoms with Crippen LogP contribution in [0.15, 0.2) is 77.3 Å². The summed E-state index contributed by atoms with van der Waals surface area (Å²) in [5.41, 5.74) is 3.37. The molecule has 0 aliphatic rings. The van der Waals surface area contributed by atoms with E-state index in [0.717, 1.165) is 16.5 Å². The van der Waals surface area contributed by atoms with E-state index in [1.54, 1.807) is 19.2 Å². The molecule has 0 aliphatic carbocycles. The first-order valence-corrected chi connectivity index (χ1v) is 10.9. The summed E-state index contributed by atoms with van der Waals surface area (Å²) in [5, 5.41) is 5.53. The van der Waals surface area contributed by atoms with Crippen molar-refractivity contribution in [3.05, 3.63) is 94.0 Å². The van der Waals surface area contributed by atoms with Gasteiger partial charge in [0, 0.05) is 30.0 Å². The largest absolute Gasteiger partial charge is 0.492 e. The van der Waals surface area contributed by atoms with E-state index in [0.29, 0.717) is 36.4 Å². The maximum atomic E-state index is 12.9. The summed E-state index contributed by atoms with van der Waals surface area (Å²) in [7, 11) is 1.63. The van der Waals surface area contributed by atoms with Crippen LogP contribution in [0.2, 0.25) is 0 Å². The fourth-order valence-corrected chi connectivity index (χ4v) is 3.43. The summed E-state index contributed by atoms with van der Waals surface area (Å²) in [4.78, 5) is 24.3. The summed E-state index contributed by atoms with van der Waals surface area (Å²) in [6.45, 7) is 0.478. The minimum Gasteiger partial charge on any atom is -0.492 e. The highest BCUT2D eigenvalue weighted by Crippen LogP contribution is 2.25. The lowest BCUT2D eigenvalue weighted by Gasteiger charge is -2.13. The van der Waals surface area contributed by atoms with E-state index in [2.05, 4.69) is 38.7 Å². The van der Waals surface area contributed by atoms with Crippen LogP contribution in [0.4, 0.5) is 5.69 Å². The van der Waals surface area contributed by atoms with Gasteiger partial charge in [0.1, 0.15) is 5.75 Å². The number of ether oxygens (including phenoxy) is 1. The van der Waals surface area contributed by atoms with Crippen molar-refractivity contribution in [3.63, 3.8) is 0 Å². The van der Waals surface area contributed by atoms with Crippen molar-refractivity contribution >= 4 is 33.4 Å². The molecule has 0 radical (unpaired) electrons. The second-order valence-corrected chi connectivity index (χ2v) is 7.96. The van der Waals surface area contributed by atoms with Crippen molar-refractivity contribution in [2.75, 3.05) is 19.0 Å². The van der Waals surface area contributed by atoms with Crippen LogP contribution in [0, 0.1) is 0 Å². The average Bonchev–Trinajstić information content (AvgIpc) is 2.80. The fraction of sp³-hybridized carbons (Fsp3) is 0.200. The predicted molar refractivity (Wildman–Crippen MR) is 127 cm³/mol. The molecule has 31 heavy (non-hydrogen) atoms. The highest BCUT2D eigenvalue weighted by Gasteiger charge is 2.14. The lowest BCUT2D eigenvalue weighted by Crippen LogP contribution is -2.18. The predicted octanol–water partition coefficient (Wildman–Crippen LogP) is 5.00. The van der Waals surface area contributed by atoms with Crippen molar-refractivity contribution in [2.24, 2.45) is 0 Å². The lowest BCUT2D eigenvalue weighted by molar-refractivity contribution is -0.120. The molecule has 0 saturated heterocycles. The second kappa shape index (κ2) is 11.3. The van der Waals surface area contributed by atoms with Crippen LogP contribution in [0.3, 0.4) is 0 Å². The monoisotopic (exact) mass is 480 g/mol. The molecule has 5 nitrogen and oxygen atoms in total. The Labute approximate surface area is 191 Å². The van der Waals surface area contributed by atoms with Crippen LogP contribution in [0.1, 0.15) is 27.9 Å². The van der Waals surface area contributed by atoms with E-state index >= 15 is 0 Å². The van der Waals surface area contributed by atoms with E-state index in [-0.39, 0.29) is 11.8 Å². The number of amides is 2. The Kier molecular flexibility index (Phi) is 8.24. The van der Waals surface area contributed by atoms with Crippen LogP contribution < -0.4 is 15.4 Å². The molecular weight excluding hydrogens is 456 g/mol. The van der Waals surface area contributed by atoms with E-state index in [1.807, 2.05) is 48.5 Å². The molecule has 0 spiro atoms. The molecule has 0 saturated carbocycles. The minimum absolute atomic E-state index is 0.00632. The third-order valence-electron chi connectivity index (χ3n) is 4.81. The molecule has 3 rings (SSSR count). The molecular formula is C25H25BrN2O3. The zero-order valence-electron chi connectivity index (χ0n) is 17.4. The third-order valence-corrected chi connectivity index (χ3v) is 5.30. The molecule has 0 aliphatic heterocycles. The molecule has 0 fully saturated rings. The van der Waals surface area contributed by atoms with Crippen LogP contribution in [0.5, 0.6) is 5.75 Å². The van der Waals surface area contributed by atoms with Gasteiger partial charge in [0.05, 0.1) is 12.2 Å². The molecule has 2 amide bonds. The number of benzene rings is 3. The number of anilines is 1.